The van der Waals surface area contributed by atoms with Crippen LogP contribution in [0.15, 0.2) is 54.6 Å². The highest BCUT2D eigenvalue weighted by Crippen LogP contribution is 2.35. The van der Waals surface area contributed by atoms with Crippen molar-refractivity contribution in [3.05, 3.63) is 65.7 Å². The third-order valence-electron chi connectivity index (χ3n) is 5.14. The van der Waals surface area contributed by atoms with Crippen molar-refractivity contribution < 1.29 is 15.0 Å². The average molecular weight is 339 g/mol. The third kappa shape index (κ3) is 4.83. The highest BCUT2D eigenvalue weighted by molar-refractivity contribution is 5.68. The van der Waals surface area contributed by atoms with E-state index in [0.29, 0.717) is 11.7 Å². The summed E-state index contributed by atoms with van der Waals surface area (Å²) in [4.78, 5) is 13.7. The van der Waals surface area contributed by atoms with Gasteiger partial charge in [0, 0.05) is 6.54 Å². The maximum Gasteiger partial charge on any atom is 0.303 e. The Morgan fingerprint density at radius 3 is 2.44 bits per heavy atom. The van der Waals surface area contributed by atoms with E-state index in [-0.39, 0.29) is 12.3 Å². The van der Waals surface area contributed by atoms with Gasteiger partial charge in [-0.05, 0) is 61.0 Å². The molecule has 1 fully saturated rings. The summed E-state index contributed by atoms with van der Waals surface area (Å²) in [6.45, 7) is 2.75. The Kier molecular flexibility index (Phi) is 5.71. The van der Waals surface area contributed by atoms with Gasteiger partial charge in [0.05, 0.1) is 6.42 Å². The van der Waals surface area contributed by atoms with Crippen molar-refractivity contribution in [2.45, 2.75) is 31.7 Å². The number of carboxylic acid groups (broad SMARTS) is 1. The largest absolute Gasteiger partial charge is 0.508 e. The van der Waals surface area contributed by atoms with Gasteiger partial charge in [0.15, 0.2) is 0 Å². The smallest absolute Gasteiger partial charge is 0.303 e. The molecule has 4 nitrogen and oxygen atoms in total. The van der Waals surface area contributed by atoms with E-state index in [1.165, 1.54) is 0 Å². The van der Waals surface area contributed by atoms with E-state index < -0.39 is 5.97 Å². The number of carbonyl (C=O) groups is 1. The predicted molar refractivity (Wildman–Crippen MR) is 97.5 cm³/mol. The second-order valence-electron chi connectivity index (χ2n) is 6.90. The summed E-state index contributed by atoms with van der Waals surface area (Å²) in [7, 11) is 0. The summed E-state index contributed by atoms with van der Waals surface area (Å²) in [6, 6.07) is 17.4. The lowest BCUT2D eigenvalue weighted by atomic mass is 9.78. The van der Waals surface area contributed by atoms with Gasteiger partial charge in [0.25, 0.3) is 0 Å². The van der Waals surface area contributed by atoms with E-state index in [4.69, 9.17) is 0 Å². The molecule has 1 unspecified atom stereocenters. The number of piperidine rings is 1. The highest BCUT2D eigenvalue weighted by Gasteiger charge is 2.29. The Labute approximate surface area is 148 Å². The summed E-state index contributed by atoms with van der Waals surface area (Å²) < 4.78 is 0. The monoisotopic (exact) mass is 339 g/mol. The molecule has 1 heterocycles. The molecule has 1 aliphatic heterocycles. The lowest BCUT2D eigenvalue weighted by Gasteiger charge is -2.36. The first-order chi connectivity index (χ1) is 12.1. The number of aliphatic carboxylic acids is 1. The summed E-state index contributed by atoms with van der Waals surface area (Å²) in [6.07, 6.45) is 2.21. The van der Waals surface area contributed by atoms with E-state index in [1.54, 1.807) is 6.07 Å². The standard InChI is InChI=1S/C21H25NO3/c23-19-8-4-5-16(13-19)15-22-11-9-18(10-12-22)20(14-21(24)25)17-6-2-1-3-7-17/h1-8,13,18,20,23H,9-12,14-15H2,(H,24,25). The quantitative estimate of drug-likeness (QED) is 0.839. The fraction of sp³-hybridized carbons (Fsp3) is 0.381. The van der Waals surface area contributed by atoms with Gasteiger partial charge in [0.2, 0.25) is 0 Å². The number of nitrogens with zero attached hydrogens (tertiary/aromatic N) is 1. The Morgan fingerprint density at radius 2 is 1.80 bits per heavy atom. The van der Waals surface area contributed by atoms with Gasteiger partial charge in [-0.25, -0.2) is 0 Å². The van der Waals surface area contributed by atoms with Gasteiger partial charge in [-0.15, -0.1) is 0 Å². The highest BCUT2D eigenvalue weighted by atomic mass is 16.4. The second kappa shape index (κ2) is 8.17. The van der Waals surface area contributed by atoms with Crippen molar-refractivity contribution in [2.75, 3.05) is 13.1 Å². The van der Waals surface area contributed by atoms with Crippen molar-refractivity contribution in [1.29, 1.82) is 0 Å². The summed E-state index contributed by atoms with van der Waals surface area (Å²) in [5.74, 6) is 0.0644. The lowest BCUT2D eigenvalue weighted by molar-refractivity contribution is -0.137. The van der Waals surface area contributed by atoms with Gasteiger partial charge in [-0.1, -0.05) is 42.5 Å². The van der Waals surface area contributed by atoms with E-state index in [2.05, 4.69) is 4.90 Å². The van der Waals surface area contributed by atoms with Crippen LogP contribution in [0.2, 0.25) is 0 Å². The third-order valence-corrected chi connectivity index (χ3v) is 5.14. The van der Waals surface area contributed by atoms with Gasteiger partial charge >= 0.3 is 5.97 Å². The number of carboxylic acids is 1. The number of likely N-dealkylation sites (tertiary alicyclic amines) is 1. The minimum absolute atomic E-state index is 0.0848. The average Bonchev–Trinajstić information content (AvgIpc) is 2.61. The van der Waals surface area contributed by atoms with E-state index in [0.717, 1.165) is 43.6 Å². The molecule has 2 aromatic carbocycles. The fourth-order valence-corrected chi connectivity index (χ4v) is 3.87. The van der Waals surface area contributed by atoms with Crippen LogP contribution in [-0.4, -0.2) is 34.2 Å². The van der Waals surface area contributed by atoms with Gasteiger partial charge in [-0.3, -0.25) is 9.69 Å². The summed E-state index contributed by atoms with van der Waals surface area (Å²) in [5.41, 5.74) is 2.25. The van der Waals surface area contributed by atoms with Crippen molar-refractivity contribution in [3.63, 3.8) is 0 Å². The van der Waals surface area contributed by atoms with Crippen LogP contribution in [0.1, 0.15) is 36.3 Å². The first-order valence-electron chi connectivity index (χ1n) is 8.89. The van der Waals surface area contributed by atoms with Crippen molar-refractivity contribution in [1.82, 2.24) is 4.90 Å². The molecule has 0 radical (unpaired) electrons. The summed E-state index contributed by atoms with van der Waals surface area (Å²) in [5, 5.41) is 18.9. The minimum atomic E-state index is -0.726. The predicted octanol–water partition coefficient (Wildman–Crippen LogP) is 3.86. The van der Waals surface area contributed by atoms with Crippen LogP contribution < -0.4 is 0 Å². The molecule has 2 aromatic rings. The van der Waals surface area contributed by atoms with Crippen molar-refractivity contribution in [2.24, 2.45) is 5.92 Å². The molecular formula is C21H25NO3. The van der Waals surface area contributed by atoms with E-state index in [1.807, 2.05) is 48.5 Å². The number of aromatic hydroxyl groups is 1. The second-order valence-corrected chi connectivity index (χ2v) is 6.90. The van der Waals surface area contributed by atoms with Crippen LogP contribution in [0.4, 0.5) is 0 Å². The Morgan fingerprint density at radius 1 is 1.08 bits per heavy atom. The molecule has 1 atom stereocenters. The van der Waals surface area contributed by atoms with Gasteiger partial charge < -0.3 is 10.2 Å². The van der Waals surface area contributed by atoms with Crippen molar-refractivity contribution in [3.8, 4) is 5.75 Å². The Bertz CT molecular complexity index is 693. The molecule has 0 aromatic heterocycles. The number of phenols is 1. The molecule has 0 aliphatic carbocycles. The zero-order valence-corrected chi connectivity index (χ0v) is 14.3. The molecule has 25 heavy (non-hydrogen) atoms. The van der Waals surface area contributed by atoms with Gasteiger partial charge in [-0.2, -0.15) is 0 Å². The molecule has 2 N–H and O–H groups in total. The molecule has 1 aliphatic rings. The number of hydrogen-bond acceptors (Lipinski definition) is 3. The van der Waals surface area contributed by atoms with Crippen LogP contribution >= 0.6 is 0 Å². The van der Waals surface area contributed by atoms with Crippen LogP contribution in [0.3, 0.4) is 0 Å². The zero-order chi connectivity index (χ0) is 17.6. The molecular weight excluding hydrogens is 314 g/mol. The van der Waals surface area contributed by atoms with Crippen LogP contribution in [0, 0.1) is 5.92 Å². The zero-order valence-electron chi connectivity index (χ0n) is 14.3. The molecule has 132 valence electrons. The van der Waals surface area contributed by atoms with Crippen LogP contribution in [0.25, 0.3) is 0 Å². The van der Waals surface area contributed by atoms with Gasteiger partial charge in [0.1, 0.15) is 5.75 Å². The first-order valence-corrected chi connectivity index (χ1v) is 8.89. The maximum absolute atomic E-state index is 11.3. The fourth-order valence-electron chi connectivity index (χ4n) is 3.87. The number of phenolic OH excluding ortho intramolecular Hbond substituents is 1. The van der Waals surface area contributed by atoms with E-state index in [9.17, 15) is 15.0 Å². The normalized spacial score (nSPS) is 17.3. The SMILES string of the molecule is O=C(O)CC(c1ccccc1)C1CCN(Cc2cccc(O)c2)CC1. The Balaban J connectivity index is 1.62. The molecule has 0 bridgehead atoms. The van der Waals surface area contributed by atoms with Crippen molar-refractivity contribution >= 4 is 5.97 Å². The topological polar surface area (TPSA) is 60.8 Å². The molecule has 1 saturated heterocycles. The van der Waals surface area contributed by atoms with E-state index >= 15 is 0 Å². The molecule has 0 saturated carbocycles. The van der Waals surface area contributed by atoms with Crippen LogP contribution in [-0.2, 0) is 11.3 Å². The maximum atomic E-state index is 11.3. The molecule has 3 rings (SSSR count). The number of rotatable bonds is 6. The minimum Gasteiger partial charge on any atom is -0.508 e. The number of benzene rings is 2. The molecule has 0 amide bonds. The van der Waals surface area contributed by atoms with Crippen LogP contribution in [0.5, 0.6) is 5.75 Å². The summed E-state index contributed by atoms with van der Waals surface area (Å²) >= 11 is 0. The lowest BCUT2D eigenvalue weighted by Crippen LogP contribution is -2.35. The molecule has 4 heteroatoms. The first kappa shape index (κ1) is 17.5. The molecule has 0 spiro atoms. The Hall–Kier alpha value is -2.33. The number of hydrogen-bond donors (Lipinski definition) is 2.